The smallest absolute Gasteiger partial charge is 0.266 e. The van der Waals surface area contributed by atoms with Crippen molar-refractivity contribution in [2.75, 3.05) is 39.5 Å². The van der Waals surface area contributed by atoms with Crippen LogP contribution in [0, 0.1) is 11.6 Å². The fourth-order valence-corrected chi connectivity index (χ4v) is 4.08. The molecule has 0 aliphatic carbocycles. The van der Waals surface area contributed by atoms with E-state index in [-0.39, 0.29) is 28.4 Å². The highest BCUT2D eigenvalue weighted by molar-refractivity contribution is 6.03. The molecule has 0 radical (unpaired) electrons. The second-order valence-corrected chi connectivity index (χ2v) is 9.05. The maximum Gasteiger partial charge on any atom is 0.266 e. The minimum absolute atomic E-state index is 0.00722. The zero-order valence-electron chi connectivity index (χ0n) is 20.2. The standard InChI is InChI=1S/C25H30F4N4O2/c1-14(16-6-5-7-17(22(16)27)23(28)29)30-24(34)19-12-18(25(35)32(2)3)20(26)13-21(19)31-15-8-10-33(4)11-9-15/h5-7,12-15,23,31H,8-11H2,1-4H3,(H,30,34)/t14-/m1/s1. The van der Waals surface area contributed by atoms with Gasteiger partial charge in [0, 0.05) is 25.7 Å². The number of hydrogen-bond acceptors (Lipinski definition) is 4. The highest BCUT2D eigenvalue weighted by Gasteiger charge is 2.26. The van der Waals surface area contributed by atoms with Gasteiger partial charge in [-0.1, -0.05) is 18.2 Å². The third-order valence-corrected chi connectivity index (χ3v) is 6.17. The van der Waals surface area contributed by atoms with E-state index in [1.165, 1.54) is 44.1 Å². The zero-order chi connectivity index (χ0) is 25.9. The Morgan fingerprint density at radius 2 is 1.69 bits per heavy atom. The van der Waals surface area contributed by atoms with E-state index in [0.717, 1.165) is 38.1 Å². The molecule has 0 aromatic heterocycles. The average Bonchev–Trinajstić information content (AvgIpc) is 2.80. The van der Waals surface area contributed by atoms with Crippen LogP contribution in [-0.2, 0) is 0 Å². The first-order valence-corrected chi connectivity index (χ1v) is 11.4. The van der Waals surface area contributed by atoms with E-state index < -0.39 is 41.5 Å². The Hall–Kier alpha value is -3.14. The Bertz CT molecular complexity index is 1090. The second-order valence-electron chi connectivity index (χ2n) is 9.05. The molecule has 0 spiro atoms. The van der Waals surface area contributed by atoms with Crippen molar-refractivity contribution >= 4 is 17.5 Å². The molecule has 1 atom stereocenters. The van der Waals surface area contributed by atoms with Crippen LogP contribution in [-0.4, -0.2) is 61.9 Å². The summed E-state index contributed by atoms with van der Waals surface area (Å²) in [6.45, 7) is 3.12. The number of halogens is 4. The fourth-order valence-electron chi connectivity index (χ4n) is 4.08. The number of benzene rings is 2. The second kappa shape index (κ2) is 11.1. The number of alkyl halides is 2. The van der Waals surface area contributed by atoms with Crippen LogP contribution in [0.25, 0.3) is 0 Å². The van der Waals surface area contributed by atoms with Gasteiger partial charge in [0.25, 0.3) is 18.2 Å². The molecule has 0 unspecified atom stereocenters. The van der Waals surface area contributed by atoms with Crippen molar-refractivity contribution in [3.63, 3.8) is 0 Å². The number of nitrogens with zero attached hydrogens (tertiary/aromatic N) is 2. The third kappa shape index (κ3) is 6.11. The van der Waals surface area contributed by atoms with Crippen molar-refractivity contribution in [1.82, 2.24) is 15.1 Å². The largest absolute Gasteiger partial charge is 0.381 e. The molecule has 10 heteroatoms. The van der Waals surface area contributed by atoms with Gasteiger partial charge in [0.05, 0.1) is 28.4 Å². The quantitative estimate of drug-likeness (QED) is 0.553. The van der Waals surface area contributed by atoms with Crippen molar-refractivity contribution in [1.29, 1.82) is 0 Å². The number of likely N-dealkylation sites (tertiary alicyclic amines) is 1. The highest BCUT2D eigenvalue weighted by Crippen LogP contribution is 2.29. The molecule has 2 aromatic rings. The molecule has 3 rings (SSSR count). The topological polar surface area (TPSA) is 64.7 Å². The number of hydrogen-bond donors (Lipinski definition) is 2. The molecule has 6 nitrogen and oxygen atoms in total. The normalized spacial score (nSPS) is 15.7. The van der Waals surface area contributed by atoms with E-state index in [2.05, 4.69) is 15.5 Å². The van der Waals surface area contributed by atoms with Crippen molar-refractivity contribution in [3.05, 3.63) is 64.2 Å². The fraction of sp³-hybridized carbons (Fsp3) is 0.440. The number of carbonyl (C=O) groups is 2. The van der Waals surface area contributed by atoms with E-state index in [0.29, 0.717) is 0 Å². The number of amides is 2. The Kier molecular flexibility index (Phi) is 8.37. The van der Waals surface area contributed by atoms with Gasteiger partial charge in [-0.2, -0.15) is 0 Å². The maximum absolute atomic E-state index is 14.9. The molecule has 1 heterocycles. The van der Waals surface area contributed by atoms with Crippen LogP contribution < -0.4 is 10.6 Å². The van der Waals surface area contributed by atoms with Crippen LogP contribution >= 0.6 is 0 Å². The van der Waals surface area contributed by atoms with Crippen LogP contribution in [0.15, 0.2) is 30.3 Å². The van der Waals surface area contributed by atoms with Gasteiger partial charge in [0.15, 0.2) is 0 Å². The number of carbonyl (C=O) groups excluding carboxylic acids is 2. The lowest BCUT2D eigenvalue weighted by atomic mass is 10.0. The summed E-state index contributed by atoms with van der Waals surface area (Å²) in [6, 6.07) is 4.91. The Morgan fingerprint density at radius 3 is 2.29 bits per heavy atom. The van der Waals surface area contributed by atoms with E-state index in [1.807, 2.05) is 7.05 Å². The van der Waals surface area contributed by atoms with Crippen molar-refractivity contribution < 1.29 is 27.2 Å². The summed E-state index contributed by atoms with van der Waals surface area (Å²) in [5.74, 6) is -3.18. The van der Waals surface area contributed by atoms with Crippen LogP contribution in [0.4, 0.5) is 23.2 Å². The van der Waals surface area contributed by atoms with Gasteiger partial charge >= 0.3 is 0 Å². The number of piperidine rings is 1. The van der Waals surface area contributed by atoms with Crippen molar-refractivity contribution in [2.24, 2.45) is 0 Å². The molecule has 190 valence electrons. The number of rotatable bonds is 7. The molecule has 1 saturated heterocycles. The predicted molar refractivity (Wildman–Crippen MR) is 126 cm³/mol. The van der Waals surface area contributed by atoms with Gasteiger partial charge in [-0.15, -0.1) is 0 Å². The van der Waals surface area contributed by atoms with Crippen LogP contribution in [0.2, 0.25) is 0 Å². The maximum atomic E-state index is 14.9. The van der Waals surface area contributed by atoms with Crippen LogP contribution in [0.5, 0.6) is 0 Å². The molecule has 1 aliphatic heterocycles. The summed E-state index contributed by atoms with van der Waals surface area (Å²) >= 11 is 0. The van der Waals surface area contributed by atoms with Crippen molar-refractivity contribution in [3.8, 4) is 0 Å². The molecule has 1 aliphatic rings. The molecule has 1 fully saturated rings. The highest BCUT2D eigenvalue weighted by atomic mass is 19.3. The molecule has 2 N–H and O–H groups in total. The minimum Gasteiger partial charge on any atom is -0.381 e. The van der Waals surface area contributed by atoms with Gasteiger partial charge in [-0.3, -0.25) is 9.59 Å². The third-order valence-electron chi connectivity index (χ3n) is 6.17. The molecular weight excluding hydrogens is 464 g/mol. The average molecular weight is 495 g/mol. The first-order chi connectivity index (χ1) is 16.5. The number of anilines is 1. The molecule has 35 heavy (non-hydrogen) atoms. The van der Waals surface area contributed by atoms with Crippen LogP contribution in [0.3, 0.4) is 0 Å². The van der Waals surface area contributed by atoms with Crippen LogP contribution in [0.1, 0.15) is 64.1 Å². The molecule has 2 amide bonds. The summed E-state index contributed by atoms with van der Waals surface area (Å²) < 4.78 is 55.7. The number of nitrogens with one attached hydrogen (secondary N) is 2. The van der Waals surface area contributed by atoms with Gasteiger partial charge in [-0.25, -0.2) is 17.6 Å². The Balaban J connectivity index is 1.94. The lowest BCUT2D eigenvalue weighted by Crippen LogP contribution is -2.37. The molecule has 0 saturated carbocycles. The summed E-state index contributed by atoms with van der Waals surface area (Å²) in [5, 5.41) is 5.81. The summed E-state index contributed by atoms with van der Waals surface area (Å²) in [5.41, 5.74) is -0.930. The van der Waals surface area contributed by atoms with E-state index in [4.69, 9.17) is 0 Å². The van der Waals surface area contributed by atoms with Gasteiger partial charge in [0.2, 0.25) is 0 Å². The van der Waals surface area contributed by atoms with E-state index in [1.54, 1.807) is 0 Å². The lowest BCUT2D eigenvalue weighted by Gasteiger charge is -2.31. The first-order valence-electron chi connectivity index (χ1n) is 11.4. The van der Waals surface area contributed by atoms with E-state index >= 15 is 0 Å². The Labute approximate surface area is 202 Å². The SMILES string of the molecule is C[C@@H](NC(=O)c1cc(C(=O)N(C)C)c(F)cc1NC1CCN(C)CC1)c1cccc(C(F)F)c1F. The van der Waals surface area contributed by atoms with Gasteiger partial charge < -0.3 is 20.4 Å². The summed E-state index contributed by atoms with van der Waals surface area (Å²) in [7, 11) is 4.93. The van der Waals surface area contributed by atoms with E-state index in [9.17, 15) is 27.2 Å². The van der Waals surface area contributed by atoms with Crippen molar-refractivity contribution in [2.45, 2.75) is 38.3 Å². The summed E-state index contributed by atoms with van der Waals surface area (Å²) in [4.78, 5) is 29.1. The Morgan fingerprint density at radius 1 is 1.06 bits per heavy atom. The first kappa shape index (κ1) is 26.5. The zero-order valence-corrected chi connectivity index (χ0v) is 20.2. The molecule has 2 aromatic carbocycles. The lowest BCUT2D eigenvalue weighted by molar-refractivity contribution is 0.0823. The van der Waals surface area contributed by atoms with Gasteiger partial charge in [-0.05, 0) is 52.0 Å². The summed E-state index contributed by atoms with van der Waals surface area (Å²) in [6.07, 6.45) is -1.45. The predicted octanol–water partition coefficient (Wildman–Crippen LogP) is 4.60. The molecular formula is C25H30F4N4O2. The molecule has 0 bridgehead atoms. The minimum atomic E-state index is -3.00. The monoisotopic (exact) mass is 494 g/mol. The van der Waals surface area contributed by atoms with Gasteiger partial charge in [0.1, 0.15) is 11.6 Å².